The highest BCUT2D eigenvalue weighted by Gasteiger charge is 2.54. The van der Waals surface area contributed by atoms with Crippen LogP contribution in [-0.4, -0.2) is 35.7 Å². The summed E-state index contributed by atoms with van der Waals surface area (Å²) in [5.74, 6) is 0.608. The maximum absolute atomic E-state index is 12.4. The fourth-order valence-corrected chi connectivity index (χ4v) is 3.70. The average Bonchev–Trinajstić information content (AvgIpc) is 3.13. The predicted octanol–water partition coefficient (Wildman–Crippen LogP) is 2.15. The lowest BCUT2D eigenvalue weighted by Crippen LogP contribution is -2.27. The minimum atomic E-state index is -0.917. The molecule has 1 aromatic carbocycles. The molecule has 9 heteroatoms. The largest absolute Gasteiger partial charge is 0.389 e. The quantitative estimate of drug-likeness (QED) is 0.632. The fourth-order valence-electron chi connectivity index (χ4n) is 3.57. The zero-order valence-corrected chi connectivity index (χ0v) is 16.8. The van der Waals surface area contributed by atoms with E-state index in [0.717, 1.165) is 5.56 Å². The molecule has 2 N–H and O–H groups in total. The van der Waals surface area contributed by atoms with Crippen LogP contribution >= 0.6 is 11.6 Å². The van der Waals surface area contributed by atoms with Gasteiger partial charge in [0, 0.05) is 28.5 Å². The highest BCUT2D eigenvalue weighted by Crippen LogP contribution is 2.53. The van der Waals surface area contributed by atoms with Gasteiger partial charge in [0.05, 0.1) is 17.9 Å². The van der Waals surface area contributed by atoms with Crippen LogP contribution in [0.3, 0.4) is 0 Å². The van der Waals surface area contributed by atoms with Crippen LogP contribution < -0.4 is 5.56 Å². The Kier molecular flexibility index (Phi) is 5.02. The maximum atomic E-state index is 12.4. The minimum absolute atomic E-state index is 0.00154. The maximum Gasteiger partial charge on any atom is 0.270 e. The molecule has 0 aliphatic heterocycles. The molecule has 0 amide bonds. The van der Waals surface area contributed by atoms with Crippen molar-refractivity contribution in [1.82, 2.24) is 19.9 Å². The van der Waals surface area contributed by atoms with Crippen LogP contribution in [0.5, 0.6) is 0 Å². The van der Waals surface area contributed by atoms with Crippen molar-refractivity contribution in [3.63, 3.8) is 0 Å². The number of aliphatic hydroxyl groups excluding tert-OH is 1. The number of aromatic nitrogens is 4. The molecule has 2 heterocycles. The van der Waals surface area contributed by atoms with Gasteiger partial charge < -0.3 is 14.7 Å². The summed E-state index contributed by atoms with van der Waals surface area (Å²) in [5.41, 5.74) is 0.686. The molecule has 0 bridgehead atoms. The molecular weight excluding hydrogens is 396 g/mol. The Labute approximate surface area is 171 Å². The van der Waals surface area contributed by atoms with Crippen LogP contribution in [0.15, 0.2) is 39.8 Å². The van der Waals surface area contributed by atoms with Crippen molar-refractivity contribution in [1.29, 1.82) is 0 Å². The standard InChI is InChI=1S/C20H21ClN4O4/c1-11-15(12(2)26)9-22-25(19(11)27)10-18-23-17(24-29-18)8-20(28)7-16(20)13-3-5-14(21)6-4-13/h3-6,9,12,16,26,28H,7-8,10H2,1-2H3/t12-,16?,20+/m0/s1. The van der Waals surface area contributed by atoms with E-state index in [2.05, 4.69) is 15.2 Å². The lowest BCUT2D eigenvalue weighted by Gasteiger charge is -2.09. The van der Waals surface area contributed by atoms with Gasteiger partial charge in [0.25, 0.3) is 5.56 Å². The van der Waals surface area contributed by atoms with E-state index in [0.29, 0.717) is 28.4 Å². The molecule has 1 fully saturated rings. The highest BCUT2D eigenvalue weighted by molar-refractivity contribution is 6.30. The Morgan fingerprint density at radius 2 is 2.10 bits per heavy atom. The summed E-state index contributed by atoms with van der Waals surface area (Å²) < 4.78 is 6.44. The average molecular weight is 417 g/mol. The monoisotopic (exact) mass is 416 g/mol. The van der Waals surface area contributed by atoms with Crippen molar-refractivity contribution in [3.8, 4) is 0 Å². The summed E-state index contributed by atoms with van der Waals surface area (Å²) in [5, 5.41) is 29.1. The topological polar surface area (TPSA) is 114 Å². The third kappa shape index (κ3) is 3.96. The molecule has 0 spiro atoms. The second kappa shape index (κ2) is 7.37. The van der Waals surface area contributed by atoms with Crippen molar-refractivity contribution in [3.05, 3.63) is 74.2 Å². The van der Waals surface area contributed by atoms with Gasteiger partial charge in [0.2, 0.25) is 5.89 Å². The van der Waals surface area contributed by atoms with Crippen molar-refractivity contribution in [2.45, 2.75) is 50.9 Å². The van der Waals surface area contributed by atoms with Crippen molar-refractivity contribution < 1.29 is 14.7 Å². The Morgan fingerprint density at radius 1 is 1.38 bits per heavy atom. The van der Waals surface area contributed by atoms with E-state index in [9.17, 15) is 15.0 Å². The molecular formula is C20H21ClN4O4. The van der Waals surface area contributed by atoms with E-state index in [1.54, 1.807) is 26.0 Å². The molecule has 2 aromatic heterocycles. The first-order valence-corrected chi connectivity index (χ1v) is 9.68. The summed E-state index contributed by atoms with van der Waals surface area (Å²) in [7, 11) is 0. The van der Waals surface area contributed by atoms with Crippen LogP contribution in [0.1, 0.15) is 53.8 Å². The van der Waals surface area contributed by atoms with Crippen LogP contribution in [-0.2, 0) is 13.0 Å². The molecule has 0 radical (unpaired) electrons. The zero-order chi connectivity index (χ0) is 20.8. The molecule has 0 saturated heterocycles. The number of hydrogen-bond acceptors (Lipinski definition) is 7. The SMILES string of the molecule is Cc1c([C@H](C)O)cnn(Cc2nc(C[C@]3(O)CC3c3ccc(Cl)cc3)no2)c1=O. The minimum Gasteiger partial charge on any atom is -0.389 e. The number of benzene rings is 1. The number of hydrogen-bond donors (Lipinski definition) is 2. The smallest absolute Gasteiger partial charge is 0.270 e. The van der Waals surface area contributed by atoms with Crippen molar-refractivity contribution in [2.75, 3.05) is 0 Å². The lowest BCUT2D eigenvalue weighted by molar-refractivity contribution is 0.140. The first-order valence-electron chi connectivity index (χ1n) is 9.31. The van der Waals surface area contributed by atoms with E-state index in [4.69, 9.17) is 16.1 Å². The van der Waals surface area contributed by atoms with Gasteiger partial charge in [-0.15, -0.1) is 0 Å². The van der Waals surface area contributed by atoms with E-state index in [-0.39, 0.29) is 30.3 Å². The van der Waals surface area contributed by atoms with E-state index < -0.39 is 11.7 Å². The highest BCUT2D eigenvalue weighted by atomic mass is 35.5. The van der Waals surface area contributed by atoms with Gasteiger partial charge in [-0.1, -0.05) is 28.9 Å². The number of rotatable bonds is 6. The summed E-state index contributed by atoms with van der Waals surface area (Å²) in [4.78, 5) is 16.7. The summed E-state index contributed by atoms with van der Waals surface area (Å²) in [6.45, 7) is 3.24. The van der Waals surface area contributed by atoms with Crippen LogP contribution in [0.2, 0.25) is 5.02 Å². The molecule has 1 aliphatic rings. The van der Waals surface area contributed by atoms with Gasteiger partial charge in [-0.05, 0) is 38.0 Å². The van der Waals surface area contributed by atoms with Crippen LogP contribution in [0, 0.1) is 6.92 Å². The first-order chi connectivity index (χ1) is 13.8. The Morgan fingerprint density at radius 3 is 2.79 bits per heavy atom. The zero-order valence-electron chi connectivity index (χ0n) is 16.0. The molecule has 3 atom stereocenters. The van der Waals surface area contributed by atoms with Gasteiger partial charge >= 0.3 is 0 Å². The molecule has 1 aliphatic carbocycles. The van der Waals surface area contributed by atoms with Crippen LogP contribution in [0.4, 0.5) is 0 Å². The fraction of sp³-hybridized carbons (Fsp3) is 0.400. The van der Waals surface area contributed by atoms with E-state index in [1.807, 2.05) is 12.1 Å². The third-order valence-electron chi connectivity index (χ3n) is 5.35. The predicted molar refractivity (Wildman–Crippen MR) is 105 cm³/mol. The molecule has 8 nitrogen and oxygen atoms in total. The Bertz CT molecular complexity index is 1090. The summed E-state index contributed by atoms with van der Waals surface area (Å²) >= 11 is 5.92. The lowest BCUT2D eigenvalue weighted by atomic mass is 10.1. The van der Waals surface area contributed by atoms with Gasteiger partial charge in [-0.25, -0.2) is 4.68 Å². The molecule has 1 unspecified atom stereocenters. The second-order valence-corrected chi connectivity index (χ2v) is 7.99. The van der Waals surface area contributed by atoms with Crippen molar-refractivity contribution in [2.24, 2.45) is 0 Å². The number of aliphatic hydroxyl groups is 2. The molecule has 1 saturated carbocycles. The summed E-state index contributed by atoms with van der Waals surface area (Å²) in [6, 6.07) is 7.42. The van der Waals surface area contributed by atoms with Gasteiger partial charge in [-0.2, -0.15) is 10.1 Å². The van der Waals surface area contributed by atoms with E-state index in [1.165, 1.54) is 10.9 Å². The Balaban J connectivity index is 1.45. The third-order valence-corrected chi connectivity index (χ3v) is 5.60. The molecule has 3 aromatic rings. The van der Waals surface area contributed by atoms with Gasteiger partial charge in [-0.3, -0.25) is 4.79 Å². The molecule has 152 valence electrons. The van der Waals surface area contributed by atoms with Gasteiger partial charge in [0.15, 0.2) is 5.82 Å². The normalized spacial score (nSPS) is 21.9. The number of nitrogens with zero attached hydrogens (tertiary/aromatic N) is 4. The van der Waals surface area contributed by atoms with Gasteiger partial charge in [0.1, 0.15) is 6.54 Å². The second-order valence-electron chi connectivity index (χ2n) is 7.56. The molecule has 4 rings (SSSR count). The Hall–Kier alpha value is -2.55. The number of halogens is 1. The summed E-state index contributed by atoms with van der Waals surface area (Å²) in [6.07, 6.45) is 1.56. The van der Waals surface area contributed by atoms with Crippen LogP contribution in [0.25, 0.3) is 0 Å². The first kappa shape index (κ1) is 19.8. The molecule has 29 heavy (non-hydrogen) atoms. The van der Waals surface area contributed by atoms with Crippen molar-refractivity contribution >= 4 is 11.6 Å². The van der Waals surface area contributed by atoms with E-state index >= 15 is 0 Å².